The zero-order valence-corrected chi connectivity index (χ0v) is 12.0. The van der Waals surface area contributed by atoms with Crippen molar-refractivity contribution in [1.82, 2.24) is 10.3 Å². The predicted octanol–water partition coefficient (Wildman–Crippen LogP) is 1.43. The first kappa shape index (κ1) is 14.6. The number of hydrogen-bond donors (Lipinski definition) is 3. The van der Waals surface area contributed by atoms with E-state index in [4.69, 9.17) is 0 Å². The van der Waals surface area contributed by atoms with E-state index in [0.717, 1.165) is 25.1 Å². The minimum Gasteiger partial charge on any atom is -0.393 e. The van der Waals surface area contributed by atoms with E-state index in [-0.39, 0.29) is 18.1 Å². The first-order valence-corrected chi connectivity index (χ1v) is 6.92. The van der Waals surface area contributed by atoms with Crippen LogP contribution in [0.15, 0.2) is 18.3 Å². The van der Waals surface area contributed by atoms with Crippen molar-refractivity contribution in [2.75, 3.05) is 30.9 Å². The van der Waals surface area contributed by atoms with Gasteiger partial charge in [-0.2, -0.15) is 0 Å². The molecule has 1 heterocycles. The molecule has 0 spiro atoms. The van der Waals surface area contributed by atoms with E-state index < -0.39 is 0 Å². The molecule has 2 amide bonds. The molecule has 1 aliphatic carbocycles. The molecule has 3 N–H and O–H groups in total. The van der Waals surface area contributed by atoms with Gasteiger partial charge in [0.15, 0.2) is 0 Å². The number of rotatable bonds is 4. The van der Waals surface area contributed by atoms with E-state index in [2.05, 4.69) is 15.6 Å². The zero-order valence-electron chi connectivity index (χ0n) is 12.0. The van der Waals surface area contributed by atoms with Crippen LogP contribution in [-0.4, -0.2) is 42.9 Å². The molecule has 6 heteroatoms. The maximum Gasteiger partial charge on any atom is 0.319 e. The summed E-state index contributed by atoms with van der Waals surface area (Å²) in [6.45, 7) is 0.510. The highest BCUT2D eigenvalue weighted by Gasteiger charge is 2.25. The smallest absolute Gasteiger partial charge is 0.319 e. The van der Waals surface area contributed by atoms with Crippen molar-refractivity contribution in [2.24, 2.45) is 5.92 Å². The summed E-state index contributed by atoms with van der Waals surface area (Å²) < 4.78 is 0. The van der Waals surface area contributed by atoms with Crippen molar-refractivity contribution in [3.05, 3.63) is 18.3 Å². The third-order valence-corrected chi connectivity index (χ3v) is 3.61. The molecule has 0 unspecified atom stereocenters. The van der Waals surface area contributed by atoms with Gasteiger partial charge in [0.1, 0.15) is 5.82 Å². The van der Waals surface area contributed by atoms with E-state index in [1.54, 1.807) is 6.20 Å². The SMILES string of the molecule is CN(C)c1ccc(NC(=O)NC[C@H]2CCC[C@@H]2O)cn1. The number of aliphatic hydroxyl groups excluding tert-OH is 1. The number of urea groups is 1. The number of aromatic nitrogens is 1. The first-order valence-electron chi connectivity index (χ1n) is 6.92. The van der Waals surface area contributed by atoms with E-state index in [1.807, 2.05) is 31.1 Å². The topological polar surface area (TPSA) is 77.5 Å². The Morgan fingerprint density at radius 2 is 2.25 bits per heavy atom. The number of nitrogens with zero attached hydrogens (tertiary/aromatic N) is 2. The van der Waals surface area contributed by atoms with Gasteiger partial charge in [-0.3, -0.25) is 0 Å². The molecule has 0 radical (unpaired) electrons. The molecular formula is C14H22N4O2. The summed E-state index contributed by atoms with van der Waals surface area (Å²) in [5, 5.41) is 15.2. The van der Waals surface area contributed by atoms with Gasteiger partial charge in [-0.1, -0.05) is 6.42 Å². The lowest BCUT2D eigenvalue weighted by Crippen LogP contribution is -2.35. The van der Waals surface area contributed by atoms with E-state index >= 15 is 0 Å². The third kappa shape index (κ3) is 3.84. The molecule has 20 heavy (non-hydrogen) atoms. The maximum absolute atomic E-state index is 11.8. The lowest BCUT2D eigenvalue weighted by atomic mass is 10.1. The van der Waals surface area contributed by atoms with Gasteiger partial charge in [-0.05, 0) is 25.0 Å². The van der Waals surface area contributed by atoms with Crippen LogP contribution in [-0.2, 0) is 0 Å². The van der Waals surface area contributed by atoms with Crippen molar-refractivity contribution in [1.29, 1.82) is 0 Å². The highest BCUT2D eigenvalue weighted by molar-refractivity contribution is 5.89. The van der Waals surface area contributed by atoms with Gasteiger partial charge in [0, 0.05) is 26.6 Å². The monoisotopic (exact) mass is 278 g/mol. The summed E-state index contributed by atoms with van der Waals surface area (Å²) >= 11 is 0. The molecule has 0 bridgehead atoms. The summed E-state index contributed by atoms with van der Waals surface area (Å²) in [6, 6.07) is 3.39. The average molecular weight is 278 g/mol. The highest BCUT2D eigenvalue weighted by atomic mass is 16.3. The molecule has 1 saturated carbocycles. The van der Waals surface area contributed by atoms with Crippen LogP contribution in [0.5, 0.6) is 0 Å². The molecule has 1 fully saturated rings. The molecule has 2 atom stereocenters. The van der Waals surface area contributed by atoms with Gasteiger partial charge in [-0.15, -0.1) is 0 Å². The first-order chi connectivity index (χ1) is 9.56. The third-order valence-electron chi connectivity index (χ3n) is 3.61. The summed E-state index contributed by atoms with van der Waals surface area (Å²) in [7, 11) is 3.82. The Bertz CT molecular complexity index is 447. The Labute approximate surface area is 119 Å². The number of carbonyl (C=O) groups is 1. The molecule has 0 aliphatic heterocycles. The fourth-order valence-electron chi connectivity index (χ4n) is 2.38. The second kappa shape index (κ2) is 6.56. The van der Waals surface area contributed by atoms with E-state index in [0.29, 0.717) is 12.2 Å². The predicted molar refractivity (Wildman–Crippen MR) is 78.9 cm³/mol. The van der Waals surface area contributed by atoms with Crippen molar-refractivity contribution in [2.45, 2.75) is 25.4 Å². The number of carbonyl (C=O) groups excluding carboxylic acids is 1. The minimum absolute atomic E-state index is 0.176. The average Bonchev–Trinajstić information content (AvgIpc) is 2.82. The Morgan fingerprint density at radius 3 is 2.80 bits per heavy atom. The lowest BCUT2D eigenvalue weighted by molar-refractivity contribution is 0.133. The number of aliphatic hydroxyl groups is 1. The fraction of sp³-hybridized carbons (Fsp3) is 0.571. The summed E-state index contributed by atoms with van der Waals surface area (Å²) in [5.74, 6) is 1.01. The second-order valence-corrected chi connectivity index (χ2v) is 5.39. The molecule has 6 nitrogen and oxygen atoms in total. The number of anilines is 2. The summed E-state index contributed by atoms with van der Waals surface area (Å²) in [6.07, 6.45) is 4.19. The van der Waals surface area contributed by atoms with Crippen LogP contribution in [0.4, 0.5) is 16.3 Å². The van der Waals surface area contributed by atoms with Crippen LogP contribution < -0.4 is 15.5 Å². The number of hydrogen-bond acceptors (Lipinski definition) is 4. The van der Waals surface area contributed by atoms with Crippen LogP contribution in [0, 0.1) is 5.92 Å². The summed E-state index contributed by atoms with van der Waals surface area (Å²) in [4.78, 5) is 17.9. The van der Waals surface area contributed by atoms with Crippen molar-refractivity contribution < 1.29 is 9.90 Å². The second-order valence-electron chi connectivity index (χ2n) is 5.39. The van der Waals surface area contributed by atoms with Crippen molar-refractivity contribution in [3.63, 3.8) is 0 Å². The van der Waals surface area contributed by atoms with Gasteiger partial charge in [0.2, 0.25) is 0 Å². The van der Waals surface area contributed by atoms with Gasteiger partial charge in [0.05, 0.1) is 18.0 Å². The van der Waals surface area contributed by atoms with Gasteiger partial charge in [-0.25, -0.2) is 9.78 Å². The van der Waals surface area contributed by atoms with Crippen LogP contribution in [0.2, 0.25) is 0 Å². The van der Waals surface area contributed by atoms with Gasteiger partial charge < -0.3 is 20.6 Å². The highest BCUT2D eigenvalue weighted by Crippen LogP contribution is 2.24. The quantitative estimate of drug-likeness (QED) is 0.778. The summed E-state index contributed by atoms with van der Waals surface area (Å²) in [5.41, 5.74) is 0.653. The van der Waals surface area contributed by atoms with Crippen LogP contribution in [0.1, 0.15) is 19.3 Å². The normalized spacial score (nSPS) is 21.6. The molecule has 1 aromatic rings. The Balaban J connectivity index is 1.79. The fourth-order valence-corrected chi connectivity index (χ4v) is 2.38. The molecule has 2 rings (SSSR count). The lowest BCUT2D eigenvalue weighted by Gasteiger charge is -2.15. The molecule has 0 aromatic carbocycles. The van der Waals surface area contributed by atoms with Gasteiger partial charge >= 0.3 is 6.03 Å². The zero-order chi connectivity index (χ0) is 14.5. The Kier molecular flexibility index (Phi) is 4.79. The molecule has 1 aromatic heterocycles. The molecule has 1 aliphatic rings. The molecule has 110 valence electrons. The Hall–Kier alpha value is -1.82. The number of nitrogens with one attached hydrogen (secondary N) is 2. The van der Waals surface area contributed by atoms with E-state index in [9.17, 15) is 9.90 Å². The standard InChI is InChI=1S/C14H22N4O2/c1-18(2)13-7-6-11(9-15-13)17-14(20)16-8-10-4-3-5-12(10)19/h6-7,9-10,12,19H,3-5,8H2,1-2H3,(H2,16,17,20)/t10-,12+/m1/s1. The molecule has 0 saturated heterocycles. The van der Waals surface area contributed by atoms with Crippen molar-refractivity contribution in [3.8, 4) is 0 Å². The van der Waals surface area contributed by atoms with Crippen LogP contribution in [0.25, 0.3) is 0 Å². The van der Waals surface area contributed by atoms with Crippen LogP contribution >= 0.6 is 0 Å². The van der Waals surface area contributed by atoms with E-state index in [1.165, 1.54) is 0 Å². The number of amides is 2. The van der Waals surface area contributed by atoms with Crippen LogP contribution in [0.3, 0.4) is 0 Å². The van der Waals surface area contributed by atoms with Crippen molar-refractivity contribution >= 4 is 17.5 Å². The maximum atomic E-state index is 11.8. The largest absolute Gasteiger partial charge is 0.393 e. The molecular weight excluding hydrogens is 256 g/mol. The van der Waals surface area contributed by atoms with Gasteiger partial charge in [0.25, 0.3) is 0 Å². The number of pyridine rings is 1. The minimum atomic E-state index is -0.281. The Morgan fingerprint density at radius 1 is 1.45 bits per heavy atom.